The SMILES string of the molecule is Cc1ccccc1C(=O)NCCCCCc1nc2ccccc2n1CCOc1c(C)cccc1C. The van der Waals surface area contributed by atoms with Crippen molar-refractivity contribution in [3.8, 4) is 5.75 Å². The van der Waals surface area contributed by atoms with Crippen LogP contribution in [-0.2, 0) is 13.0 Å². The van der Waals surface area contributed by atoms with Crippen molar-refractivity contribution in [2.24, 2.45) is 0 Å². The lowest BCUT2D eigenvalue weighted by atomic mass is 10.1. The van der Waals surface area contributed by atoms with Crippen LogP contribution in [0.15, 0.2) is 66.7 Å². The van der Waals surface area contributed by atoms with E-state index in [1.165, 1.54) is 0 Å². The molecule has 5 nitrogen and oxygen atoms in total. The van der Waals surface area contributed by atoms with Crippen LogP contribution in [0.25, 0.3) is 11.0 Å². The van der Waals surface area contributed by atoms with Crippen LogP contribution in [0.1, 0.15) is 52.1 Å². The van der Waals surface area contributed by atoms with Crippen LogP contribution < -0.4 is 10.1 Å². The van der Waals surface area contributed by atoms with Gasteiger partial charge in [-0.25, -0.2) is 4.98 Å². The number of hydrogen-bond acceptors (Lipinski definition) is 3. The Labute approximate surface area is 208 Å². The van der Waals surface area contributed by atoms with E-state index in [9.17, 15) is 4.79 Å². The molecule has 1 aromatic heterocycles. The van der Waals surface area contributed by atoms with Crippen molar-refractivity contribution in [2.75, 3.05) is 13.2 Å². The second-order valence-electron chi connectivity index (χ2n) is 9.12. The quantitative estimate of drug-likeness (QED) is 0.267. The number of aryl methyl sites for hydroxylation is 4. The van der Waals surface area contributed by atoms with Crippen LogP contribution in [0.3, 0.4) is 0 Å². The number of carbonyl (C=O) groups excluding carboxylic acids is 1. The highest BCUT2D eigenvalue weighted by atomic mass is 16.5. The fourth-order valence-electron chi connectivity index (χ4n) is 4.54. The Morgan fingerprint density at radius 3 is 2.37 bits per heavy atom. The van der Waals surface area contributed by atoms with Gasteiger partial charge in [0.1, 0.15) is 18.2 Å². The van der Waals surface area contributed by atoms with E-state index in [4.69, 9.17) is 9.72 Å². The topological polar surface area (TPSA) is 56.2 Å². The Balaban J connectivity index is 1.30. The van der Waals surface area contributed by atoms with Gasteiger partial charge in [0.15, 0.2) is 0 Å². The fraction of sp³-hybridized carbons (Fsp3) is 0.333. The summed E-state index contributed by atoms with van der Waals surface area (Å²) in [7, 11) is 0. The summed E-state index contributed by atoms with van der Waals surface area (Å²) in [5.41, 5.74) is 6.26. The average molecular weight is 470 g/mol. The molecule has 1 heterocycles. The van der Waals surface area contributed by atoms with Gasteiger partial charge in [0.05, 0.1) is 17.6 Å². The summed E-state index contributed by atoms with van der Waals surface area (Å²) < 4.78 is 8.48. The van der Waals surface area contributed by atoms with Crippen molar-refractivity contribution in [2.45, 2.75) is 53.0 Å². The number of amides is 1. The van der Waals surface area contributed by atoms with Gasteiger partial charge in [-0.15, -0.1) is 0 Å². The molecule has 0 aliphatic heterocycles. The van der Waals surface area contributed by atoms with E-state index in [1.54, 1.807) is 0 Å². The average Bonchev–Trinajstić information content (AvgIpc) is 3.20. The van der Waals surface area contributed by atoms with Gasteiger partial charge in [-0.05, 0) is 68.5 Å². The maximum Gasteiger partial charge on any atom is 0.251 e. The lowest BCUT2D eigenvalue weighted by Crippen LogP contribution is -2.25. The Hall–Kier alpha value is -3.60. The van der Waals surface area contributed by atoms with E-state index in [0.29, 0.717) is 13.2 Å². The van der Waals surface area contributed by atoms with Crippen LogP contribution in [0, 0.1) is 20.8 Å². The smallest absolute Gasteiger partial charge is 0.251 e. The Morgan fingerprint density at radius 1 is 0.857 bits per heavy atom. The maximum atomic E-state index is 12.4. The van der Waals surface area contributed by atoms with Crippen molar-refractivity contribution in [1.82, 2.24) is 14.9 Å². The predicted octanol–water partition coefficient (Wildman–Crippen LogP) is 6.18. The maximum absolute atomic E-state index is 12.4. The number of nitrogens with one attached hydrogen (secondary N) is 1. The summed E-state index contributed by atoms with van der Waals surface area (Å²) in [5, 5.41) is 3.05. The summed E-state index contributed by atoms with van der Waals surface area (Å²) in [6, 6.07) is 22.2. The zero-order valence-electron chi connectivity index (χ0n) is 21.0. The molecule has 3 aromatic carbocycles. The number of imidazole rings is 1. The van der Waals surface area contributed by atoms with Crippen molar-refractivity contribution < 1.29 is 9.53 Å². The van der Waals surface area contributed by atoms with Crippen LogP contribution in [0.5, 0.6) is 5.75 Å². The second kappa shape index (κ2) is 11.7. The van der Waals surface area contributed by atoms with E-state index in [1.807, 2.05) is 37.3 Å². The molecule has 182 valence electrons. The van der Waals surface area contributed by atoms with E-state index >= 15 is 0 Å². The van der Waals surface area contributed by atoms with Gasteiger partial charge < -0.3 is 14.6 Å². The molecule has 1 N–H and O–H groups in total. The molecule has 0 radical (unpaired) electrons. The largest absolute Gasteiger partial charge is 0.491 e. The van der Waals surface area contributed by atoms with Gasteiger partial charge in [-0.2, -0.15) is 0 Å². The highest BCUT2D eigenvalue weighted by Crippen LogP contribution is 2.23. The number of benzene rings is 3. The molecular formula is C30H35N3O2. The van der Waals surface area contributed by atoms with E-state index in [-0.39, 0.29) is 5.91 Å². The lowest BCUT2D eigenvalue weighted by Gasteiger charge is -2.14. The molecular weight excluding hydrogens is 434 g/mol. The number of ether oxygens (including phenoxy) is 1. The highest BCUT2D eigenvalue weighted by molar-refractivity contribution is 5.95. The highest BCUT2D eigenvalue weighted by Gasteiger charge is 2.12. The van der Waals surface area contributed by atoms with Gasteiger partial charge in [0.25, 0.3) is 5.91 Å². The molecule has 0 aliphatic rings. The van der Waals surface area contributed by atoms with Crippen molar-refractivity contribution in [3.63, 3.8) is 0 Å². The number of hydrogen-bond donors (Lipinski definition) is 1. The standard InChI is InChI=1S/C30H35N3O2/c1-22-12-6-7-15-25(22)30(34)31-19-10-4-5-18-28-32-26-16-8-9-17-27(26)33(28)20-21-35-29-23(2)13-11-14-24(29)3/h6-9,11-17H,4-5,10,18-21H2,1-3H3,(H,31,34). The normalized spacial score (nSPS) is 11.1. The van der Waals surface area contributed by atoms with Crippen LogP contribution >= 0.6 is 0 Å². The molecule has 0 bridgehead atoms. The van der Waals surface area contributed by atoms with Crippen LogP contribution in [-0.4, -0.2) is 28.6 Å². The van der Waals surface area contributed by atoms with E-state index in [0.717, 1.165) is 77.1 Å². The molecule has 35 heavy (non-hydrogen) atoms. The number of rotatable bonds is 11. The third-order valence-corrected chi connectivity index (χ3v) is 6.46. The van der Waals surface area contributed by atoms with Gasteiger partial charge in [-0.1, -0.05) is 55.0 Å². The molecule has 0 fully saturated rings. The van der Waals surface area contributed by atoms with Gasteiger partial charge in [0.2, 0.25) is 0 Å². The molecule has 0 saturated carbocycles. The van der Waals surface area contributed by atoms with Crippen molar-refractivity contribution in [3.05, 3.63) is 94.8 Å². The summed E-state index contributed by atoms with van der Waals surface area (Å²) in [6.07, 6.45) is 3.93. The van der Waals surface area contributed by atoms with Crippen LogP contribution in [0.4, 0.5) is 0 Å². The minimum Gasteiger partial charge on any atom is -0.491 e. The summed E-state index contributed by atoms with van der Waals surface area (Å²) in [5.74, 6) is 2.08. The second-order valence-corrected chi connectivity index (χ2v) is 9.12. The first-order chi connectivity index (χ1) is 17.0. The Morgan fingerprint density at radius 2 is 1.57 bits per heavy atom. The predicted molar refractivity (Wildman–Crippen MR) is 142 cm³/mol. The molecule has 1 amide bonds. The van der Waals surface area contributed by atoms with Gasteiger partial charge >= 0.3 is 0 Å². The first-order valence-corrected chi connectivity index (χ1v) is 12.5. The zero-order valence-corrected chi connectivity index (χ0v) is 21.0. The minimum atomic E-state index is 0.00813. The molecule has 0 spiro atoms. The number of fused-ring (bicyclic) bond motifs is 1. The number of unbranched alkanes of at least 4 members (excludes halogenated alkanes) is 2. The summed E-state index contributed by atoms with van der Waals surface area (Å²) in [6.45, 7) is 8.19. The van der Waals surface area contributed by atoms with Gasteiger partial charge in [-0.3, -0.25) is 4.79 Å². The molecule has 4 aromatic rings. The summed E-state index contributed by atoms with van der Waals surface area (Å²) in [4.78, 5) is 17.3. The monoisotopic (exact) mass is 469 g/mol. The molecule has 0 saturated heterocycles. The molecule has 5 heteroatoms. The van der Waals surface area contributed by atoms with E-state index in [2.05, 4.69) is 60.1 Å². The Kier molecular flexibility index (Phi) is 8.19. The lowest BCUT2D eigenvalue weighted by molar-refractivity contribution is 0.0952. The van der Waals surface area contributed by atoms with Crippen molar-refractivity contribution in [1.29, 1.82) is 0 Å². The number of nitrogens with zero attached hydrogens (tertiary/aromatic N) is 2. The number of aromatic nitrogens is 2. The van der Waals surface area contributed by atoms with Crippen molar-refractivity contribution >= 4 is 16.9 Å². The van der Waals surface area contributed by atoms with Crippen LogP contribution in [0.2, 0.25) is 0 Å². The fourth-order valence-corrected chi connectivity index (χ4v) is 4.54. The van der Waals surface area contributed by atoms with E-state index < -0.39 is 0 Å². The summed E-state index contributed by atoms with van der Waals surface area (Å²) >= 11 is 0. The first kappa shape index (κ1) is 24.5. The molecule has 0 aliphatic carbocycles. The molecule has 4 rings (SSSR count). The molecule has 0 unspecified atom stereocenters. The number of carbonyl (C=O) groups is 1. The first-order valence-electron chi connectivity index (χ1n) is 12.5. The molecule has 0 atom stereocenters. The number of para-hydroxylation sites is 3. The third-order valence-electron chi connectivity index (χ3n) is 6.46. The third kappa shape index (κ3) is 6.10. The Bertz CT molecular complexity index is 1270. The zero-order chi connectivity index (χ0) is 24.6. The van der Waals surface area contributed by atoms with Gasteiger partial charge in [0, 0.05) is 18.5 Å². The minimum absolute atomic E-state index is 0.00813.